The Morgan fingerprint density at radius 3 is 2.53 bits per heavy atom. The standard InChI is InChI=1S/C13H26N2O2/c1-10(2)7-11(16)9-15-12(17)8-13(14)5-3-4-6-13/h10-11,16H,3-9,14H2,1-2H3,(H,15,17). The first kappa shape index (κ1) is 14.5. The van der Waals surface area contributed by atoms with Crippen LogP contribution in [0, 0.1) is 5.92 Å². The van der Waals surface area contributed by atoms with E-state index in [4.69, 9.17) is 5.73 Å². The average Bonchev–Trinajstić information content (AvgIpc) is 2.61. The summed E-state index contributed by atoms with van der Waals surface area (Å²) in [5, 5.41) is 12.4. The second-order valence-corrected chi connectivity index (χ2v) is 5.83. The highest BCUT2D eigenvalue weighted by Crippen LogP contribution is 2.29. The van der Waals surface area contributed by atoms with Crippen molar-refractivity contribution in [3.05, 3.63) is 0 Å². The molecular formula is C13H26N2O2. The predicted molar refractivity (Wildman–Crippen MR) is 68.5 cm³/mol. The molecule has 0 aromatic carbocycles. The quantitative estimate of drug-likeness (QED) is 0.654. The molecular weight excluding hydrogens is 216 g/mol. The Morgan fingerprint density at radius 2 is 2.00 bits per heavy atom. The van der Waals surface area contributed by atoms with Crippen LogP contribution in [0.4, 0.5) is 0 Å². The molecule has 1 saturated carbocycles. The highest BCUT2D eigenvalue weighted by atomic mass is 16.3. The maximum atomic E-state index is 11.7. The number of amides is 1. The fourth-order valence-electron chi connectivity index (χ4n) is 2.50. The molecule has 0 spiro atoms. The number of carbonyl (C=O) groups is 1. The minimum atomic E-state index is -0.448. The van der Waals surface area contributed by atoms with Crippen LogP contribution in [-0.4, -0.2) is 29.2 Å². The predicted octanol–water partition coefficient (Wildman–Crippen LogP) is 1.17. The van der Waals surface area contributed by atoms with Gasteiger partial charge in [-0.2, -0.15) is 0 Å². The second kappa shape index (κ2) is 6.36. The van der Waals surface area contributed by atoms with Crippen molar-refractivity contribution in [1.82, 2.24) is 5.32 Å². The molecule has 4 heteroatoms. The molecule has 17 heavy (non-hydrogen) atoms. The molecule has 1 unspecified atom stereocenters. The Balaban J connectivity index is 2.21. The lowest BCUT2D eigenvalue weighted by atomic mass is 9.94. The van der Waals surface area contributed by atoms with Gasteiger partial charge in [0.2, 0.25) is 5.91 Å². The van der Waals surface area contributed by atoms with Crippen LogP contribution in [-0.2, 0) is 4.79 Å². The van der Waals surface area contributed by atoms with E-state index < -0.39 is 6.10 Å². The van der Waals surface area contributed by atoms with Crippen LogP contribution in [0.15, 0.2) is 0 Å². The zero-order valence-corrected chi connectivity index (χ0v) is 11.0. The Bertz CT molecular complexity index is 248. The fourth-order valence-corrected chi connectivity index (χ4v) is 2.50. The third kappa shape index (κ3) is 5.50. The molecule has 1 aliphatic rings. The summed E-state index contributed by atoms with van der Waals surface area (Å²) in [6.45, 7) is 4.45. The lowest BCUT2D eigenvalue weighted by Gasteiger charge is -2.23. The Hall–Kier alpha value is -0.610. The molecule has 0 aliphatic heterocycles. The zero-order chi connectivity index (χ0) is 12.9. The summed E-state index contributed by atoms with van der Waals surface area (Å²) in [7, 11) is 0. The number of carbonyl (C=O) groups excluding carboxylic acids is 1. The topological polar surface area (TPSA) is 75.3 Å². The summed E-state index contributed by atoms with van der Waals surface area (Å²) in [5.74, 6) is 0.412. The van der Waals surface area contributed by atoms with Crippen LogP contribution < -0.4 is 11.1 Å². The zero-order valence-electron chi connectivity index (χ0n) is 11.0. The van der Waals surface area contributed by atoms with Gasteiger partial charge in [-0.1, -0.05) is 26.7 Å². The van der Waals surface area contributed by atoms with E-state index in [2.05, 4.69) is 19.2 Å². The second-order valence-electron chi connectivity index (χ2n) is 5.83. The number of aliphatic hydroxyl groups is 1. The Morgan fingerprint density at radius 1 is 1.41 bits per heavy atom. The number of nitrogens with two attached hydrogens (primary N) is 1. The molecule has 0 saturated heterocycles. The van der Waals surface area contributed by atoms with Gasteiger partial charge in [-0.05, 0) is 25.2 Å². The number of hydrogen-bond donors (Lipinski definition) is 3. The van der Waals surface area contributed by atoms with E-state index in [1.807, 2.05) is 0 Å². The van der Waals surface area contributed by atoms with E-state index >= 15 is 0 Å². The SMILES string of the molecule is CC(C)CC(O)CNC(=O)CC1(N)CCCC1. The van der Waals surface area contributed by atoms with Crippen LogP contribution >= 0.6 is 0 Å². The van der Waals surface area contributed by atoms with E-state index in [1.165, 1.54) is 0 Å². The van der Waals surface area contributed by atoms with Gasteiger partial charge < -0.3 is 16.2 Å². The molecule has 0 aromatic heterocycles. The molecule has 0 aromatic rings. The summed E-state index contributed by atoms with van der Waals surface area (Å²) < 4.78 is 0. The molecule has 0 radical (unpaired) electrons. The minimum Gasteiger partial charge on any atom is -0.391 e. The largest absolute Gasteiger partial charge is 0.391 e. The van der Waals surface area contributed by atoms with Crippen molar-refractivity contribution in [2.24, 2.45) is 11.7 Å². The Kier molecular flexibility index (Phi) is 5.40. The number of rotatable bonds is 6. The van der Waals surface area contributed by atoms with E-state index in [1.54, 1.807) is 0 Å². The third-order valence-corrected chi connectivity index (χ3v) is 3.39. The third-order valence-electron chi connectivity index (χ3n) is 3.39. The van der Waals surface area contributed by atoms with Gasteiger partial charge in [0.25, 0.3) is 0 Å². The van der Waals surface area contributed by atoms with E-state index in [0.717, 1.165) is 25.7 Å². The smallest absolute Gasteiger partial charge is 0.221 e. The molecule has 100 valence electrons. The summed E-state index contributed by atoms with van der Waals surface area (Å²) in [5.41, 5.74) is 5.83. The van der Waals surface area contributed by atoms with Gasteiger partial charge >= 0.3 is 0 Å². The summed E-state index contributed by atoms with van der Waals surface area (Å²) >= 11 is 0. The van der Waals surface area contributed by atoms with Gasteiger partial charge in [0.15, 0.2) is 0 Å². The number of hydrogen-bond acceptors (Lipinski definition) is 3. The highest BCUT2D eigenvalue weighted by molar-refractivity contribution is 5.77. The van der Waals surface area contributed by atoms with Crippen LogP contribution in [0.25, 0.3) is 0 Å². The molecule has 0 bridgehead atoms. The molecule has 0 heterocycles. The van der Waals surface area contributed by atoms with Crippen LogP contribution in [0.3, 0.4) is 0 Å². The molecule has 1 amide bonds. The molecule has 4 nitrogen and oxygen atoms in total. The van der Waals surface area contributed by atoms with Gasteiger partial charge in [-0.15, -0.1) is 0 Å². The maximum Gasteiger partial charge on any atom is 0.221 e. The van der Waals surface area contributed by atoms with Crippen LogP contribution in [0.2, 0.25) is 0 Å². The van der Waals surface area contributed by atoms with Crippen molar-refractivity contribution in [3.63, 3.8) is 0 Å². The molecule has 4 N–H and O–H groups in total. The molecule has 1 rings (SSSR count). The average molecular weight is 242 g/mol. The minimum absolute atomic E-state index is 0.0304. The van der Waals surface area contributed by atoms with Crippen LogP contribution in [0.5, 0.6) is 0 Å². The number of nitrogens with one attached hydrogen (secondary N) is 1. The monoisotopic (exact) mass is 242 g/mol. The number of aliphatic hydroxyl groups excluding tert-OH is 1. The van der Waals surface area contributed by atoms with Gasteiger partial charge in [0.05, 0.1) is 6.10 Å². The normalized spacial score (nSPS) is 20.5. The van der Waals surface area contributed by atoms with Crippen molar-refractivity contribution in [3.8, 4) is 0 Å². The van der Waals surface area contributed by atoms with Crippen molar-refractivity contribution in [2.45, 2.75) is 64.0 Å². The first-order valence-corrected chi connectivity index (χ1v) is 6.65. The van der Waals surface area contributed by atoms with E-state index in [9.17, 15) is 9.90 Å². The summed E-state index contributed by atoms with van der Waals surface area (Å²) in [4.78, 5) is 11.7. The van der Waals surface area contributed by atoms with Crippen molar-refractivity contribution in [1.29, 1.82) is 0 Å². The lowest BCUT2D eigenvalue weighted by molar-refractivity contribution is -0.122. The first-order chi connectivity index (χ1) is 7.91. The molecule has 1 aliphatic carbocycles. The highest BCUT2D eigenvalue weighted by Gasteiger charge is 2.31. The van der Waals surface area contributed by atoms with Crippen molar-refractivity contribution in [2.75, 3.05) is 6.54 Å². The summed E-state index contributed by atoms with van der Waals surface area (Å²) in [6, 6.07) is 0. The van der Waals surface area contributed by atoms with Crippen molar-refractivity contribution < 1.29 is 9.90 Å². The fraction of sp³-hybridized carbons (Fsp3) is 0.923. The Labute approximate surface area is 104 Å². The van der Waals surface area contributed by atoms with E-state index in [0.29, 0.717) is 25.3 Å². The van der Waals surface area contributed by atoms with Gasteiger partial charge in [0.1, 0.15) is 0 Å². The van der Waals surface area contributed by atoms with Gasteiger partial charge in [-0.3, -0.25) is 4.79 Å². The van der Waals surface area contributed by atoms with Gasteiger partial charge in [0, 0.05) is 18.5 Å². The summed E-state index contributed by atoms with van der Waals surface area (Å²) in [6.07, 6.45) is 4.79. The van der Waals surface area contributed by atoms with Crippen molar-refractivity contribution >= 4 is 5.91 Å². The molecule has 1 fully saturated rings. The molecule has 1 atom stereocenters. The lowest BCUT2D eigenvalue weighted by Crippen LogP contribution is -2.43. The maximum absolute atomic E-state index is 11.7. The van der Waals surface area contributed by atoms with Crippen LogP contribution in [0.1, 0.15) is 52.4 Å². The van der Waals surface area contributed by atoms with E-state index in [-0.39, 0.29) is 11.4 Å². The first-order valence-electron chi connectivity index (χ1n) is 6.65. The van der Waals surface area contributed by atoms with Gasteiger partial charge in [-0.25, -0.2) is 0 Å².